The molecule has 1 saturated carbocycles. The summed E-state index contributed by atoms with van der Waals surface area (Å²) in [7, 11) is 1.62. The van der Waals surface area contributed by atoms with E-state index < -0.39 is 11.6 Å². The number of methoxy groups -OCH3 is 1. The summed E-state index contributed by atoms with van der Waals surface area (Å²) in [6.45, 7) is 3.94. The molecule has 6 rings (SSSR count). The van der Waals surface area contributed by atoms with Crippen LogP contribution in [0, 0.1) is 11.7 Å². The average Bonchev–Trinajstić information content (AvgIpc) is 3.49. The zero-order chi connectivity index (χ0) is 24.3. The number of hydrogen-bond donors (Lipinski definition) is 1. The Bertz CT molecular complexity index is 1420. The van der Waals surface area contributed by atoms with E-state index in [0.29, 0.717) is 17.3 Å². The van der Waals surface area contributed by atoms with Crippen molar-refractivity contribution in [3.63, 3.8) is 0 Å². The van der Waals surface area contributed by atoms with E-state index in [1.54, 1.807) is 7.11 Å². The summed E-state index contributed by atoms with van der Waals surface area (Å²) in [6.07, 6.45) is 6.17. The molecule has 2 N–H and O–H groups in total. The Labute approximate surface area is 202 Å². The molecule has 35 heavy (non-hydrogen) atoms. The lowest BCUT2D eigenvalue weighted by molar-refractivity contribution is -0.160. The second-order valence-corrected chi connectivity index (χ2v) is 9.89. The Morgan fingerprint density at radius 3 is 2.83 bits per heavy atom. The number of nitrogen functional groups attached to an aromatic ring is 1. The first kappa shape index (κ1) is 22.2. The van der Waals surface area contributed by atoms with Crippen LogP contribution in [0.25, 0.3) is 21.9 Å². The van der Waals surface area contributed by atoms with Crippen LogP contribution < -0.4 is 10.5 Å². The second kappa shape index (κ2) is 8.13. The molecule has 2 aliphatic rings. The molecule has 1 aromatic carbocycles. The number of ether oxygens (including phenoxy) is 3. The number of nitrogens with two attached hydrogens (primary N) is 1. The highest BCUT2D eigenvalue weighted by Crippen LogP contribution is 2.49. The fourth-order valence-electron chi connectivity index (χ4n) is 5.70. The predicted molar refractivity (Wildman–Crippen MR) is 129 cm³/mol. The van der Waals surface area contributed by atoms with E-state index in [-0.39, 0.29) is 24.1 Å². The SMILES string of the molecule is COc1ncnc2c1ccn2[C@@H]1C[C@H](CCc2ccc3cc(F)c(N)nc3c2)[C@H]2OC(C)(C)O[C@H]21. The quantitative estimate of drug-likeness (QED) is 0.454. The lowest BCUT2D eigenvalue weighted by Crippen LogP contribution is -2.27. The normalized spacial score (nSPS) is 25.4. The highest BCUT2D eigenvalue weighted by atomic mass is 19.1. The topological polar surface area (TPSA) is 97.3 Å². The predicted octanol–water partition coefficient (Wildman–Crippen LogP) is 4.42. The molecule has 4 atom stereocenters. The number of halogens is 1. The maximum atomic E-state index is 13.8. The van der Waals surface area contributed by atoms with Crippen molar-refractivity contribution in [1.29, 1.82) is 0 Å². The third-order valence-corrected chi connectivity index (χ3v) is 7.24. The third kappa shape index (κ3) is 3.79. The van der Waals surface area contributed by atoms with E-state index in [1.807, 2.05) is 44.3 Å². The van der Waals surface area contributed by atoms with Gasteiger partial charge in [0.2, 0.25) is 5.88 Å². The van der Waals surface area contributed by atoms with Crippen LogP contribution in [-0.4, -0.2) is 44.6 Å². The molecule has 1 saturated heterocycles. The van der Waals surface area contributed by atoms with E-state index in [4.69, 9.17) is 19.9 Å². The molecule has 0 unspecified atom stereocenters. The summed E-state index contributed by atoms with van der Waals surface area (Å²) in [4.78, 5) is 13.0. The summed E-state index contributed by atoms with van der Waals surface area (Å²) in [5.74, 6) is -0.343. The van der Waals surface area contributed by atoms with Gasteiger partial charge in [-0.15, -0.1) is 0 Å². The van der Waals surface area contributed by atoms with Crippen LogP contribution in [0.15, 0.2) is 42.9 Å². The number of anilines is 1. The van der Waals surface area contributed by atoms with Gasteiger partial charge in [-0.05, 0) is 62.8 Å². The lowest BCUT2D eigenvalue weighted by Gasteiger charge is -2.24. The number of pyridine rings is 1. The van der Waals surface area contributed by atoms with Crippen molar-refractivity contribution >= 4 is 27.8 Å². The number of aryl methyl sites for hydroxylation is 1. The van der Waals surface area contributed by atoms with Crippen LogP contribution in [-0.2, 0) is 15.9 Å². The number of nitrogens with zero attached hydrogens (tertiary/aromatic N) is 4. The maximum Gasteiger partial charge on any atom is 0.225 e. The molecule has 4 heterocycles. The molecule has 1 aliphatic heterocycles. The molecule has 2 fully saturated rings. The maximum absolute atomic E-state index is 13.8. The standard InChI is InChI=1S/C26H28FN5O3/c1-26(2)34-21-16(7-5-14-4-6-15-11-18(27)23(28)31-19(15)10-14)12-20(22(21)35-26)32-9-8-17-24(32)29-13-30-25(17)33-3/h4,6,8-11,13,16,20-22H,5,7,12H2,1-3H3,(H2,28,31)/t16-,20+,21+,22-/m0/s1. The summed E-state index contributed by atoms with van der Waals surface area (Å²) in [5.41, 5.74) is 8.35. The number of hydrogen-bond acceptors (Lipinski definition) is 7. The fraction of sp³-hybridized carbons (Fsp3) is 0.423. The van der Waals surface area contributed by atoms with E-state index in [9.17, 15) is 4.39 Å². The van der Waals surface area contributed by atoms with Crippen LogP contribution in [0.3, 0.4) is 0 Å². The summed E-state index contributed by atoms with van der Waals surface area (Å²) in [5, 5.41) is 1.63. The van der Waals surface area contributed by atoms with Gasteiger partial charge in [-0.25, -0.2) is 19.3 Å². The number of benzene rings is 1. The molecular weight excluding hydrogens is 449 g/mol. The van der Waals surface area contributed by atoms with E-state index >= 15 is 0 Å². The van der Waals surface area contributed by atoms with Crippen LogP contribution in [0.2, 0.25) is 0 Å². The average molecular weight is 478 g/mol. The molecule has 4 aromatic rings. The van der Waals surface area contributed by atoms with Gasteiger partial charge < -0.3 is 24.5 Å². The first-order valence-corrected chi connectivity index (χ1v) is 11.9. The number of rotatable bonds is 5. The van der Waals surface area contributed by atoms with Crippen molar-refractivity contribution in [3.05, 3.63) is 54.2 Å². The van der Waals surface area contributed by atoms with Gasteiger partial charge in [0, 0.05) is 11.6 Å². The smallest absolute Gasteiger partial charge is 0.225 e. The third-order valence-electron chi connectivity index (χ3n) is 7.24. The molecule has 0 radical (unpaired) electrons. The van der Waals surface area contributed by atoms with Gasteiger partial charge in [-0.2, -0.15) is 0 Å². The molecule has 182 valence electrons. The Morgan fingerprint density at radius 1 is 1.17 bits per heavy atom. The second-order valence-electron chi connectivity index (χ2n) is 9.89. The molecule has 1 aliphatic carbocycles. The molecule has 3 aromatic heterocycles. The monoisotopic (exact) mass is 477 g/mol. The van der Waals surface area contributed by atoms with Gasteiger partial charge in [0.25, 0.3) is 0 Å². The van der Waals surface area contributed by atoms with Crippen molar-refractivity contribution in [3.8, 4) is 5.88 Å². The minimum absolute atomic E-state index is 0.0143. The Morgan fingerprint density at radius 2 is 2.00 bits per heavy atom. The van der Waals surface area contributed by atoms with Gasteiger partial charge in [-0.1, -0.05) is 12.1 Å². The van der Waals surface area contributed by atoms with E-state index in [2.05, 4.69) is 19.5 Å². The summed E-state index contributed by atoms with van der Waals surface area (Å²) >= 11 is 0. The zero-order valence-electron chi connectivity index (χ0n) is 19.9. The Hall–Kier alpha value is -3.30. The highest BCUT2D eigenvalue weighted by molar-refractivity contribution is 5.82. The minimum atomic E-state index is -0.643. The highest BCUT2D eigenvalue weighted by Gasteiger charge is 2.54. The van der Waals surface area contributed by atoms with Crippen molar-refractivity contribution in [2.75, 3.05) is 12.8 Å². The van der Waals surface area contributed by atoms with E-state index in [0.717, 1.165) is 41.2 Å². The largest absolute Gasteiger partial charge is 0.480 e. The lowest BCUT2D eigenvalue weighted by atomic mass is 9.95. The van der Waals surface area contributed by atoms with Gasteiger partial charge in [0.1, 0.15) is 18.1 Å². The molecular formula is C26H28FN5O3. The number of aromatic nitrogens is 4. The van der Waals surface area contributed by atoms with Gasteiger partial charge in [-0.3, -0.25) is 0 Å². The first-order chi connectivity index (χ1) is 16.8. The van der Waals surface area contributed by atoms with Crippen LogP contribution >= 0.6 is 0 Å². The number of fused-ring (bicyclic) bond motifs is 3. The Balaban J connectivity index is 1.27. The molecule has 0 amide bonds. The summed E-state index contributed by atoms with van der Waals surface area (Å²) in [6, 6.07) is 9.44. The molecule has 0 bridgehead atoms. The van der Waals surface area contributed by atoms with Crippen LogP contribution in [0.5, 0.6) is 5.88 Å². The van der Waals surface area contributed by atoms with E-state index in [1.165, 1.54) is 12.4 Å². The van der Waals surface area contributed by atoms with Crippen molar-refractivity contribution < 1.29 is 18.6 Å². The van der Waals surface area contributed by atoms with Crippen molar-refractivity contribution in [1.82, 2.24) is 19.5 Å². The zero-order valence-corrected chi connectivity index (χ0v) is 19.9. The van der Waals surface area contributed by atoms with Gasteiger partial charge >= 0.3 is 0 Å². The Kier molecular flexibility index (Phi) is 5.16. The van der Waals surface area contributed by atoms with Crippen LogP contribution in [0.4, 0.5) is 10.2 Å². The summed E-state index contributed by atoms with van der Waals surface area (Å²) < 4.78 is 34.2. The van der Waals surface area contributed by atoms with Crippen molar-refractivity contribution in [2.45, 2.75) is 57.1 Å². The molecule has 9 heteroatoms. The minimum Gasteiger partial charge on any atom is -0.480 e. The van der Waals surface area contributed by atoms with Crippen molar-refractivity contribution in [2.24, 2.45) is 5.92 Å². The van der Waals surface area contributed by atoms with Gasteiger partial charge in [0.05, 0.1) is 30.2 Å². The molecule has 0 spiro atoms. The first-order valence-electron chi connectivity index (χ1n) is 11.9. The van der Waals surface area contributed by atoms with Gasteiger partial charge in [0.15, 0.2) is 17.4 Å². The van der Waals surface area contributed by atoms with Crippen LogP contribution in [0.1, 0.15) is 38.3 Å². The molecule has 8 nitrogen and oxygen atoms in total. The fourth-order valence-corrected chi connectivity index (χ4v) is 5.70.